The normalized spacial score (nSPS) is 17.7. The fraction of sp³-hybridized carbons (Fsp3) is 0.667. The summed E-state index contributed by atoms with van der Waals surface area (Å²) in [5.74, 6) is 0.522. The smallest absolute Gasteiger partial charge is 0.363 e. The van der Waals surface area contributed by atoms with Gasteiger partial charge in [-0.25, -0.2) is 0 Å². The Hall–Kier alpha value is -1.63. The first-order valence-electron chi connectivity index (χ1n) is 5.35. The van der Waals surface area contributed by atoms with Gasteiger partial charge < -0.3 is 20.7 Å². The standard InChI is InChI=1S/C9H15N5O2/c10-5-7-1-3-13(4-2-7)8-6-11-12-9(8)14(15)16/h6-7H,1-5,10H2,(H,11,12). The number of nitrogens with one attached hydrogen (secondary N) is 1. The van der Waals surface area contributed by atoms with Crippen LogP contribution in [0.1, 0.15) is 12.8 Å². The van der Waals surface area contributed by atoms with E-state index in [1.165, 1.54) is 6.20 Å². The van der Waals surface area contributed by atoms with Crippen LogP contribution in [0.5, 0.6) is 0 Å². The van der Waals surface area contributed by atoms with E-state index in [0.717, 1.165) is 25.9 Å². The van der Waals surface area contributed by atoms with Crippen molar-refractivity contribution in [3.05, 3.63) is 16.3 Å². The second-order valence-corrected chi connectivity index (χ2v) is 4.03. The Bertz CT molecular complexity index is 370. The molecular formula is C9H15N5O2. The number of hydrogen-bond donors (Lipinski definition) is 2. The number of anilines is 1. The summed E-state index contributed by atoms with van der Waals surface area (Å²) in [5.41, 5.74) is 6.18. The third-order valence-electron chi connectivity index (χ3n) is 3.07. The average molecular weight is 225 g/mol. The predicted molar refractivity (Wildman–Crippen MR) is 59.2 cm³/mol. The highest BCUT2D eigenvalue weighted by atomic mass is 16.6. The van der Waals surface area contributed by atoms with Crippen LogP contribution in [0.3, 0.4) is 0 Å². The molecule has 0 bridgehead atoms. The number of aromatic nitrogens is 2. The van der Waals surface area contributed by atoms with Crippen molar-refractivity contribution in [1.82, 2.24) is 10.2 Å². The summed E-state index contributed by atoms with van der Waals surface area (Å²) < 4.78 is 0. The molecule has 1 fully saturated rings. The molecule has 3 N–H and O–H groups in total. The van der Waals surface area contributed by atoms with E-state index >= 15 is 0 Å². The number of nitro groups is 1. The highest BCUT2D eigenvalue weighted by molar-refractivity contribution is 5.58. The van der Waals surface area contributed by atoms with Crippen molar-refractivity contribution in [2.75, 3.05) is 24.5 Å². The van der Waals surface area contributed by atoms with E-state index in [4.69, 9.17) is 5.73 Å². The van der Waals surface area contributed by atoms with Crippen molar-refractivity contribution < 1.29 is 4.92 Å². The summed E-state index contributed by atoms with van der Waals surface area (Å²) in [6, 6.07) is 0. The molecule has 88 valence electrons. The molecule has 0 amide bonds. The molecule has 0 radical (unpaired) electrons. The van der Waals surface area contributed by atoms with E-state index in [1.54, 1.807) is 0 Å². The Morgan fingerprint density at radius 3 is 2.88 bits per heavy atom. The summed E-state index contributed by atoms with van der Waals surface area (Å²) in [7, 11) is 0. The van der Waals surface area contributed by atoms with Crippen LogP contribution in [0.15, 0.2) is 6.20 Å². The number of nitrogens with two attached hydrogens (primary N) is 1. The fourth-order valence-corrected chi connectivity index (χ4v) is 2.05. The molecule has 1 aliphatic rings. The minimum Gasteiger partial charge on any atom is -0.363 e. The summed E-state index contributed by atoms with van der Waals surface area (Å²) in [6.07, 6.45) is 3.48. The summed E-state index contributed by atoms with van der Waals surface area (Å²) in [4.78, 5) is 12.3. The van der Waals surface area contributed by atoms with Crippen LogP contribution in [0, 0.1) is 16.0 Å². The van der Waals surface area contributed by atoms with Crippen molar-refractivity contribution in [1.29, 1.82) is 0 Å². The molecule has 0 atom stereocenters. The molecule has 0 spiro atoms. The molecule has 2 heterocycles. The third-order valence-corrected chi connectivity index (χ3v) is 3.07. The SMILES string of the molecule is NCC1CCN(c2cn[nH]c2[N+](=O)[O-])CC1. The van der Waals surface area contributed by atoms with Gasteiger partial charge in [-0.1, -0.05) is 5.10 Å². The lowest BCUT2D eigenvalue weighted by Crippen LogP contribution is -2.36. The van der Waals surface area contributed by atoms with Crippen molar-refractivity contribution in [2.45, 2.75) is 12.8 Å². The van der Waals surface area contributed by atoms with Gasteiger partial charge in [0.05, 0.1) is 0 Å². The van der Waals surface area contributed by atoms with E-state index in [9.17, 15) is 10.1 Å². The largest absolute Gasteiger partial charge is 0.366 e. The van der Waals surface area contributed by atoms with E-state index in [0.29, 0.717) is 18.2 Å². The number of aromatic amines is 1. The van der Waals surface area contributed by atoms with Crippen LogP contribution >= 0.6 is 0 Å². The van der Waals surface area contributed by atoms with Crippen molar-refractivity contribution in [3.63, 3.8) is 0 Å². The second-order valence-electron chi connectivity index (χ2n) is 4.03. The lowest BCUT2D eigenvalue weighted by molar-refractivity contribution is -0.388. The van der Waals surface area contributed by atoms with Crippen LogP contribution in [-0.2, 0) is 0 Å². The molecule has 0 aromatic carbocycles. The van der Waals surface area contributed by atoms with Gasteiger partial charge in [-0.3, -0.25) is 0 Å². The topological polar surface area (TPSA) is 101 Å². The average Bonchev–Trinajstić information content (AvgIpc) is 2.78. The van der Waals surface area contributed by atoms with Gasteiger partial charge in [-0.05, 0) is 30.2 Å². The Kier molecular flexibility index (Phi) is 3.04. The molecule has 7 heteroatoms. The Morgan fingerprint density at radius 1 is 1.62 bits per heavy atom. The molecule has 1 aromatic heterocycles. The van der Waals surface area contributed by atoms with E-state index in [-0.39, 0.29) is 5.82 Å². The maximum absolute atomic E-state index is 10.7. The first-order chi connectivity index (χ1) is 7.72. The summed E-state index contributed by atoms with van der Waals surface area (Å²) in [5, 5.41) is 16.9. The molecule has 1 aliphatic heterocycles. The Labute approximate surface area is 92.8 Å². The molecule has 0 unspecified atom stereocenters. The van der Waals surface area contributed by atoms with Gasteiger partial charge in [-0.2, -0.15) is 0 Å². The number of rotatable bonds is 3. The zero-order chi connectivity index (χ0) is 11.5. The first-order valence-corrected chi connectivity index (χ1v) is 5.35. The first kappa shape index (κ1) is 10.9. The van der Waals surface area contributed by atoms with Crippen molar-refractivity contribution in [2.24, 2.45) is 11.7 Å². The van der Waals surface area contributed by atoms with Crippen LogP contribution in [0.2, 0.25) is 0 Å². The summed E-state index contributed by atoms with van der Waals surface area (Å²) >= 11 is 0. The molecular weight excluding hydrogens is 210 g/mol. The monoisotopic (exact) mass is 225 g/mol. The van der Waals surface area contributed by atoms with Crippen LogP contribution in [0.25, 0.3) is 0 Å². The number of H-pyrrole nitrogens is 1. The van der Waals surface area contributed by atoms with Crippen LogP contribution < -0.4 is 10.6 Å². The molecule has 2 rings (SSSR count). The fourth-order valence-electron chi connectivity index (χ4n) is 2.05. The maximum Gasteiger partial charge on any atom is 0.366 e. The lowest BCUT2D eigenvalue weighted by Gasteiger charge is -2.31. The molecule has 1 saturated heterocycles. The van der Waals surface area contributed by atoms with Gasteiger partial charge in [0.15, 0.2) is 5.69 Å². The van der Waals surface area contributed by atoms with Crippen LogP contribution in [-0.4, -0.2) is 34.8 Å². The minimum atomic E-state index is -0.433. The van der Waals surface area contributed by atoms with Crippen molar-refractivity contribution >= 4 is 11.5 Å². The number of piperidine rings is 1. The molecule has 16 heavy (non-hydrogen) atoms. The molecule has 1 aromatic rings. The van der Waals surface area contributed by atoms with Gasteiger partial charge in [0, 0.05) is 13.1 Å². The highest BCUT2D eigenvalue weighted by Crippen LogP contribution is 2.28. The quantitative estimate of drug-likeness (QED) is 0.576. The molecule has 0 aliphatic carbocycles. The third kappa shape index (κ3) is 1.99. The lowest BCUT2D eigenvalue weighted by atomic mass is 9.97. The second kappa shape index (κ2) is 4.48. The Morgan fingerprint density at radius 2 is 2.31 bits per heavy atom. The zero-order valence-electron chi connectivity index (χ0n) is 8.93. The molecule has 0 saturated carbocycles. The van der Waals surface area contributed by atoms with Crippen molar-refractivity contribution in [3.8, 4) is 0 Å². The van der Waals surface area contributed by atoms with E-state index in [1.807, 2.05) is 4.90 Å². The van der Waals surface area contributed by atoms with Gasteiger partial charge in [-0.15, -0.1) is 5.10 Å². The van der Waals surface area contributed by atoms with Gasteiger partial charge in [0.1, 0.15) is 6.20 Å². The van der Waals surface area contributed by atoms with Crippen LogP contribution in [0.4, 0.5) is 11.5 Å². The van der Waals surface area contributed by atoms with E-state index < -0.39 is 4.92 Å². The van der Waals surface area contributed by atoms with Gasteiger partial charge in [0.25, 0.3) is 0 Å². The predicted octanol–water partition coefficient (Wildman–Crippen LogP) is 0.493. The summed E-state index contributed by atoms with van der Waals surface area (Å²) in [6.45, 7) is 2.31. The van der Waals surface area contributed by atoms with E-state index in [2.05, 4.69) is 10.2 Å². The maximum atomic E-state index is 10.7. The van der Waals surface area contributed by atoms with Gasteiger partial charge >= 0.3 is 5.82 Å². The number of nitrogens with zero attached hydrogens (tertiary/aromatic N) is 3. The number of hydrogen-bond acceptors (Lipinski definition) is 5. The molecule has 7 nitrogen and oxygen atoms in total. The Balaban J connectivity index is 2.08. The zero-order valence-corrected chi connectivity index (χ0v) is 8.93. The highest BCUT2D eigenvalue weighted by Gasteiger charge is 2.25. The van der Waals surface area contributed by atoms with Gasteiger partial charge in [0.2, 0.25) is 0 Å². The minimum absolute atomic E-state index is 0.0220.